The molecular weight excluding hydrogens is 326 g/mol. The van der Waals surface area contributed by atoms with Gasteiger partial charge in [-0.15, -0.1) is 0 Å². The van der Waals surface area contributed by atoms with Crippen molar-refractivity contribution in [3.8, 4) is 0 Å². The molecule has 0 aliphatic carbocycles. The maximum Gasteiger partial charge on any atom is 0.303 e. The molecular formula is C13H19N3O8. The predicted octanol–water partition coefficient (Wildman–Crippen LogP) is 0.463. The summed E-state index contributed by atoms with van der Waals surface area (Å²) in [5, 5.41) is 3.51. The number of hydrogen-bond donors (Lipinski definition) is 0. The van der Waals surface area contributed by atoms with Crippen molar-refractivity contribution in [2.45, 2.75) is 51.4 Å². The van der Waals surface area contributed by atoms with Gasteiger partial charge in [0.1, 0.15) is 18.8 Å². The highest BCUT2D eigenvalue weighted by atomic mass is 16.7. The Hall–Kier alpha value is -2.36. The van der Waals surface area contributed by atoms with Crippen LogP contribution in [0.3, 0.4) is 0 Å². The second kappa shape index (κ2) is 9.06. The van der Waals surface area contributed by atoms with Gasteiger partial charge in [-0.3, -0.25) is 14.4 Å². The number of ether oxygens (including phenoxy) is 5. The minimum absolute atomic E-state index is 0.270. The Balaban J connectivity index is 3.18. The number of methoxy groups -OCH3 is 1. The third-order valence-electron chi connectivity index (χ3n) is 3.09. The molecule has 134 valence electrons. The van der Waals surface area contributed by atoms with E-state index >= 15 is 0 Å². The second-order valence-corrected chi connectivity index (χ2v) is 4.92. The van der Waals surface area contributed by atoms with E-state index in [9.17, 15) is 14.4 Å². The molecule has 5 atom stereocenters. The van der Waals surface area contributed by atoms with Gasteiger partial charge in [0.25, 0.3) is 0 Å². The van der Waals surface area contributed by atoms with Gasteiger partial charge in [-0.25, -0.2) is 0 Å². The Labute approximate surface area is 137 Å². The minimum Gasteiger partial charge on any atom is -0.463 e. The van der Waals surface area contributed by atoms with Crippen molar-refractivity contribution >= 4 is 17.9 Å². The van der Waals surface area contributed by atoms with Crippen molar-refractivity contribution in [1.82, 2.24) is 0 Å². The fraction of sp³-hybridized carbons (Fsp3) is 0.769. The molecule has 0 unspecified atom stereocenters. The molecule has 1 heterocycles. The lowest BCUT2D eigenvalue weighted by atomic mass is 9.97. The lowest BCUT2D eigenvalue weighted by molar-refractivity contribution is -0.267. The van der Waals surface area contributed by atoms with Gasteiger partial charge < -0.3 is 23.7 Å². The lowest BCUT2D eigenvalue weighted by Crippen LogP contribution is -2.61. The van der Waals surface area contributed by atoms with Crippen molar-refractivity contribution in [3.63, 3.8) is 0 Å². The molecule has 24 heavy (non-hydrogen) atoms. The molecule has 11 heteroatoms. The molecule has 0 saturated carbocycles. The molecule has 0 aromatic carbocycles. The van der Waals surface area contributed by atoms with E-state index in [2.05, 4.69) is 10.0 Å². The Morgan fingerprint density at radius 1 is 1.08 bits per heavy atom. The van der Waals surface area contributed by atoms with Crippen LogP contribution in [0.1, 0.15) is 20.8 Å². The van der Waals surface area contributed by atoms with E-state index in [0.29, 0.717) is 0 Å². The third kappa shape index (κ3) is 5.37. The Kier molecular flexibility index (Phi) is 7.43. The van der Waals surface area contributed by atoms with E-state index in [1.165, 1.54) is 14.0 Å². The van der Waals surface area contributed by atoms with Gasteiger partial charge in [0, 0.05) is 32.8 Å². The molecule has 0 aromatic rings. The van der Waals surface area contributed by atoms with Crippen LogP contribution in [-0.4, -0.2) is 62.3 Å². The van der Waals surface area contributed by atoms with Crippen LogP contribution in [0.4, 0.5) is 0 Å². The highest BCUT2D eigenvalue weighted by Crippen LogP contribution is 2.29. The third-order valence-corrected chi connectivity index (χ3v) is 3.09. The summed E-state index contributed by atoms with van der Waals surface area (Å²) < 4.78 is 25.8. The summed E-state index contributed by atoms with van der Waals surface area (Å²) in [6, 6.07) is -1.10. The number of hydrogen-bond acceptors (Lipinski definition) is 9. The molecule has 1 aliphatic heterocycles. The van der Waals surface area contributed by atoms with Crippen molar-refractivity contribution in [2.24, 2.45) is 5.11 Å². The van der Waals surface area contributed by atoms with Gasteiger partial charge in [0.2, 0.25) is 0 Å². The average Bonchev–Trinajstić information content (AvgIpc) is 2.48. The molecule has 1 aliphatic rings. The van der Waals surface area contributed by atoms with Crippen molar-refractivity contribution in [2.75, 3.05) is 13.7 Å². The molecule has 0 bridgehead atoms. The van der Waals surface area contributed by atoms with E-state index < -0.39 is 48.6 Å². The number of carbonyl (C=O) groups excluding carboxylic acids is 3. The Bertz CT molecular complexity index is 533. The molecule has 0 aromatic heterocycles. The number of esters is 3. The smallest absolute Gasteiger partial charge is 0.303 e. The van der Waals surface area contributed by atoms with Gasteiger partial charge in [-0.2, -0.15) is 0 Å². The average molecular weight is 345 g/mol. The van der Waals surface area contributed by atoms with Gasteiger partial charge in [-0.1, -0.05) is 5.11 Å². The summed E-state index contributed by atoms with van der Waals surface area (Å²) in [5.74, 6) is -1.93. The lowest BCUT2D eigenvalue weighted by Gasteiger charge is -2.42. The molecule has 0 radical (unpaired) electrons. The van der Waals surface area contributed by atoms with Gasteiger partial charge in [-0.05, 0) is 5.53 Å². The van der Waals surface area contributed by atoms with Crippen LogP contribution in [0.2, 0.25) is 0 Å². The van der Waals surface area contributed by atoms with E-state index in [-0.39, 0.29) is 6.61 Å². The first-order valence-corrected chi connectivity index (χ1v) is 7.00. The van der Waals surface area contributed by atoms with Gasteiger partial charge >= 0.3 is 17.9 Å². The molecule has 0 amide bonds. The predicted molar refractivity (Wildman–Crippen MR) is 76.3 cm³/mol. The molecule has 11 nitrogen and oxygen atoms in total. The highest BCUT2D eigenvalue weighted by molar-refractivity contribution is 5.68. The van der Waals surface area contributed by atoms with E-state index in [0.717, 1.165) is 13.8 Å². The normalized spacial score (nSPS) is 29.1. The number of rotatable bonds is 6. The monoisotopic (exact) mass is 345 g/mol. The van der Waals surface area contributed by atoms with E-state index in [4.69, 9.17) is 29.2 Å². The highest BCUT2D eigenvalue weighted by Gasteiger charge is 2.50. The zero-order valence-electron chi connectivity index (χ0n) is 13.7. The maximum atomic E-state index is 11.4. The molecule has 1 fully saturated rings. The first kappa shape index (κ1) is 19.7. The molecule has 1 rings (SSSR count). The first-order chi connectivity index (χ1) is 11.3. The second-order valence-electron chi connectivity index (χ2n) is 4.92. The zero-order chi connectivity index (χ0) is 18.3. The number of azide groups is 1. The van der Waals surface area contributed by atoms with Gasteiger partial charge in [0.05, 0.1) is 0 Å². The Morgan fingerprint density at radius 2 is 1.67 bits per heavy atom. The van der Waals surface area contributed by atoms with Crippen LogP contribution in [0.25, 0.3) is 10.4 Å². The summed E-state index contributed by atoms with van der Waals surface area (Å²) in [5.41, 5.74) is 8.72. The first-order valence-electron chi connectivity index (χ1n) is 7.00. The SMILES string of the molecule is CO[C@@H]1O[C@H](COC(C)=O)[C@H](OC(C)=O)[C@H](OC(C)=O)[C@H]1N=[N+]=[N-]. The van der Waals surface area contributed by atoms with Gasteiger partial charge in [0.15, 0.2) is 18.5 Å². The number of nitrogens with zero attached hydrogens (tertiary/aromatic N) is 3. The minimum atomic E-state index is -1.17. The molecule has 1 saturated heterocycles. The number of carbonyl (C=O) groups is 3. The van der Waals surface area contributed by atoms with Crippen LogP contribution in [0.5, 0.6) is 0 Å². The van der Waals surface area contributed by atoms with Crippen LogP contribution in [0.15, 0.2) is 5.11 Å². The van der Waals surface area contributed by atoms with Crippen molar-refractivity contribution in [3.05, 3.63) is 10.4 Å². The van der Waals surface area contributed by atoms with Crippen molar-refractivity contribution in [1.29, 1.82) is 0 Å². The summed E-state index contributed by atoms with van der Waals surface area (Å²) >= 11 is 0. The Morgan fingerprint density at radius 3 is 2.12 bits per heavy atom. The van der Waals surface area contributed by atoms with Crippen molar-refractivity contribution < 1.29 is 38.1 Å². The fourth-order valence-corrected chi connectivity index (χ4v) is 2.26. The maximum absolute atomic E-state index is 11.4. The fourth-order valence-electron chi connectivity index (χ4n) is 2.26. The van der Waals surface area contributed by atoms with Crippen LogP contribution in [0, 0.1) is 0 Å². The van der Waals surface area contributed by atoms with E-state index in [1.54, 1.807) is 0 Å². The van der Waals surface area contributed by atoms with Crippen LogP contribution >= 0.6 is 0 Å². The summed E-state index contributed by atoms with van der Waals surface area (Å²) in [7, 11) is 1.30. The molecule has 0 N–H and O–H groups in total. The standard InChI is InChI=1S/C13H19N3O8/c1-6(17)21-5-9-11(22-7(2)18)12(23-8(3)19)10(15-16-14)13(20-4)24-9/h9-13H,5H2,1-4H3/t9-,10-,11+,12-,13-/m1/s1. The summed E-state index contributed by atoms with van der Waals surface area (Å²) in [6.07, 6.45) is -4.37. The van der Waals surface area contributed by atoms with Crippen LogP contribution in [-0.2, 0) is 38.1 Å². The van der Waals surface area contributed by atoms with E-state index in [1.807, 2.05) is 0 Å². The summed E-state index contributed by atoms with van der Waals surface area (Å²) in [4.78, 5) is 36.5. The van der Waals surface area contributed by atoms with Crippen LogP contribution < -0.4 is 0 Å². The largest absolute Gasteiger partial charge is 0.463 e. The zero-order valence-corrected chi connectivity index (χ0v) is 13.7. The topological polar surface area (TPSA) is 146 Å². The molecule has 0 spiro atoms. The summed E-state index contributed by atoms with van der Waals surface area (Å²) in [6.45, 7) is 3.23. The quantitative estimate of drug-likeness (QED) is 0.222.